The van der Waals surface area contributed by atoms with E-state index < -0.39 is 0 Å². The van der Waals surface area contributed by atoms with Gasteiger partial charge in [-0.1, -0.05) is 26.0 Å². The molecule has 0 spiro atoms. The molecule has 2 N–H and O–H groups in total. The van der Waals surface area contributed by atoms with Crippen LogP contribution in [0, 0.1) is 18.7 Å². The molecule has 0 aliphatic rings. The minimum absolute atomic E-state index is 0.0961. The second-order valence-electron chi connectivity index (χ2n) is 7.62. The monoisotopic (exact) mass is 422 g/mol. The van der Waals surface area contributed by atoms with Crippen molar-refractivity contribution in [1.82, 2.24) is 20.3 Å². The van der Waals surface area contributed by atoms with Crippen molar-refractivity contribution in [2.75, 3.05) is 0 Å². The number of carbonyl (C=O) groups excluding carboxylic acids is 1. The molecule has 0 saturated carbocycles. The smallest absolute Gasteiger partial charge is 0.225 e. The second-order valence-corrected chi connectivity index (χ2v) is 8.90. The summed E-state index contributed by atoms with van der Waals surface area (Å²) in [6.07, 6.45) is 0.210. The Bertz CT molecular complexity index is 1150. The maximum Gasteiger partial charge on any atom is 0.225 e. The first-order chi connectivity index (χ1) is 14.4. The minimum atomic E-state index is -0.296. The van der Waals surface area contributed by atoms with Crippen molar-refractivity contribution in [3.63, 3.8) is 0 Å². The molecule has 1 atom stereocenters. The van der Waals surface area contributed by atoms with E-state index in [1.807, 2.05) is 31.2 Å². The van der Waals surface area contributed by atoms with Crippen LogP contribution < -0.4 is 5.32 Å². The number of aromatic amines is 1. The first-order valence-corrected chi connectivity index (χ1v) is 10.7. The molecule has 30 heavy (non-hydrogen) atoms. The van der Waals surface area contributed by atoms with Crippen molar-refractivity contribution in [2.24, 2.45) is 5.92 Å². The van der Waals surface area contributed by atoms with Crippen LogP contribution in [-0.2, 0) is 11.2 Å². The molecule has 0 fully saturated rings. The average molecular weight is 423 g/mol. The fourth-order valence-corrected chi connectivity index (χ4v) is 4.42. The van der Waals surface area contributed by atoms with Crippen molar-refractivity contribution in [2.45, 2.75) is 33.2 Å². The molecule has 154 valence electrons. The number of hydrogen-bond donors (Lipinski definition) is 2. The molecule has 2 aromatic heterocycles. The van der Waals surface area contributed by atoms with Crippen LogP contribution in [0.3, 0.4) is 0 Å². The molecule has 5 nitrogen and oxygen atoms in total. The van der Waals surface area contributed by atoms with Gasteiger partial charge in [0.1, 0.15) is 11.6 Å². The van der Waals surface area contributed by atoms with Gasteiger partial charge in [0.2, 0.25) is 5.91 Å². The Morgan fingerprint density at radius 3 is 2.57 bits per heavy atom. The Labute approximate surface area is 178 Å². The average Bonchev–Trinajstić information content (AvgIpc) is 3.29. The molecule has 0 bridgehead atoms. The van der Waals surface area contributed by atoms with Crippen LogP contribution in [0.1, 0.15) is 35.6 Å². The molecule has 4 aromatic rings. The number of H-pyrrole nitrogens is 1. The number of carbonyl (C=O) groups is 1. The Hall–Kier alpha value is -3.06. The summed E-state index contributed by atoms with van der Waals surface area (Å²) in [6, 6.07) is 13.8. The van der Waals surface area contributed by atoms with Crippen molar-refractivity contribution < 1.29 is 9.18 Å². The Morgan fingerprint density at radius 2 is 1.87 bits per heavy atom. The van der Waals surface area contributed by atoms with Gasteiger partial charge in [-0.3, -0.25) is 4.79 Å². The predicted octanol–water partition coefficient (Wildman–Crippen LogP) is 5.19. The first-order valence-electron chi connectivity index (χ1n) is 9.87. The summed E-state index contributed by atoms with van der Waals surface area (Å²) in [5.74, 6) is 0.518. The molecular formula is C23H23FN4OS. The van der Waals surface area contributed by atoms with Crippen LogP contribution in [0.5, 0.6) is 0 Å². The maximum atomic E-state index is 13.3. The number of halogens is 1. The summed E-state index contributed by atoms with van der Waals surface area (Å²) in [5, 5.41) is 4.00. The van der Waals surface area contributed by atoms with Crippen molar-refractivity contribution in [3.8, 4) is 11.3 Å². The molecule has 4 rings (SSSR count). The van der Waals surface area contributed by atoms with Gasteiger partial charge in [0.25, 0.3) is 0 Å². The lowest BCUT2D eigenvalue weighted by Crippen LogP contribution is -2.33. The molecule has 0 aliphatic carbocycles. The number of aryl methyl sites for hydroxylation is 1. The van der Waals surface area contributed by atoms with Crippen molar-refractivity contribution >= 4 is 28.3 Å². The van der Waals surface area contributed by atoms with Crippen LogP contribution in [0.4, 0.5) is 4.39 Å². The normalized spacial score (nSPS) is 12.4. The molecule has 0 saturated heterocycles. The predicted molar refractivity (Wildman–Crippen MR) is 118 cm³/mol. The maximum absolute atomic E-state index is 13.3. The molecule has 1 unspecified atom stereocenters. The van der Waals surface area contributed by atoms with Gasteiger partial charge in [-0.25, -0.2) is 14.4 Å². The quantitative estimate of drug-likeness (QED) is 0.449. The number of para-hydroxylation sites is 2. The van der Waals surface area contributed by atoms with E-state index >= 15 is 0 Å². The number of fused-ring (bicyclic) bond motifs is 1. The van der Waals surface area contributed by atoms with Crippen LogP contribution in [0.15, 0.2) is 48.5 Å². The number of aromatic nitrogens is 3. The van der Waals surface area contributed by atoms with Gasteiger partial charge in [0.15, 0.2) is 0 Å². The van der Waals surface area contributed by atoms with Crippen molar-refractivity contribution in [3.05, 3.63) is 70.1 Å². The highest BCUT2D eigenvalue weighted by Crippen LogP contribution is 2.29. The van der Waals surface area contributed by atoms with E-state index in [2.05, 4.69) is 34.1 Å². The summed E-state index contributed by atoms with van der Waals surface area (Å²) in [5.41, 5.74) is 3.37. The van der Waals surface area contributed by atoms with Gasteiger partial charge < -0.3 is 10.3 Å². The molecule has 0 aliphatic heterocycles. The van der Waals surface area contributed by atoms with Gasteiger partial charge in [-0.15, -0.1) is 11.3 Å². The van der Waals surface area contributed by atoms with E-state index in [0.29, 0.717) is 0 Å². The number of imidazole rings is 1. The van der Waals surface area contributed by atoms with Crippen molar-refractivity contribution in [1.29, 1.82) is 0 Å². The molecule has 7 heteroatoms. The number of nitrogens with one attached hydrogen (secondary N) is 2. The molecule has 1 amide bonds. The number of rotatable bonds is 6. The van der Waals surface area contributed by atoms with Gasteiger partial charge >= 0.3 is 0 Å². The number of hydrogen-bond acceptors (Lipinski definition) is 4. The number of amides is 1. The van der Waals surface area contributed by atoms with E-state index in [9.17, 15) is 9.18 Å². The van der Waals surface area contributed by atoms with Crippen LogP contribution >= 0.6 is 11.3 Å². The highest BCUT2D eigenvalue weighted by molar-refractivity contribution is 7.12. The van der Waals surface area contributed by atoms with E-state index in [4.69, 9.17) is 0 Å². The Balaban J connectivity index is 1.55. The SMILES string of the molecule is Cc1nc(-c2ccc(F)cc2)c(CC(=O)NC(c2nc3ccccc3[nH]2)C(C)C)s1. The highest BCUT2D eigenvalue weighted by Gasteiger charge is 2.23. The van der Waals surface area contributed by atoms with E-state index in [0.717, 1.165) is 38.0 Å². The van der Waals surface area contributed by atoms with Crippen LogP contribution in [-0.4, -0.2) is 20.9 Å². The lowest BCUT2D eigenvalue weighted by Gasteiger charge is -2.20. The Kier molecular flexibility index (Phi) is 5.63. The molecular weight excluding hydrogens is 399 g/mol. The van der Waals surface area contributed by atoms with E-state index in [1.54, 1.807) is 12.1 Å². The lowest BCUT2D eigenvalue weighted by molar-refractivity contribution is -0.121. The molecule has 0 radical (unpaired) electrons. The summed E-state index contributed by atoms with van der Waals surface area (Å²) >= 11 is 1.49. The fourth-order valence-electron chi connectivity index (χ4n) is 3.46. The summed E-state index contributed by atoms with van der Waals surface area (Å²) in [4.78, 5) is 26.3. The van der Waals surface area contributed by atoms with Gasteiger partial charge in [0.05, 0.1) is 34.2 Å². The van der Waals surface area contributed by atoms with Gasteiger partial charge in [0, 0.05) is 10.4 Å². The topological polar surface area (TPSA) is 70.7 Å². The zero-order valence-corrected chi connectivity index (χ0v) is 17.9. The molecule has 2 heterocycles. The second kappa shape index (κ2) is 8.36. The van der Waals surface area contributed by atoms with E-state index in [-0.39, 0.29) is 30.1 Å². The van der Waals surface area contributed by atoms with Crippen LogP contribution in [0.2, 0.25) is 0 Å². The molecule has 2 aromatic carbocycles. The third-order valence-electron chi connectivity index (χ3n) is 4.93. The number of benzene rings is 2. The third-order valence-corrected chi connectivity index (χ3v) is 5.90. The number of nitrogens with zero attached hydrogens (tertiary/aromatic N) is 2. The standard InChI is InChI=1S/C23H23FN4OS/c1-13(2)21(23-26-17-6-4-5-7-18(17)27-23)28-20(29)12-19-22(25-14(3)30-19)15-8-10-16(24)11-9-15/h4-11,13,21H,12H2,1-3H3,(H,26,27)(H,28,29). The third kappa shape index (κ3) is 4.26. The summed E-state index contributed by atoms with van der Waals surface area (Å²) in [7, 11) is 0. The summed E-state index contributed by atoms with van der Waals surface area (Å²) in [6.45, 7) is 6.02. The number of thiazole rings is 1. The highest BCUT2D eigenvalue weighted by atomic mass is 32.1. The van der Waals surface area contributed by atoms with Crippen LogP contribution in [0.25, 0.3) is 22.3 Å². The lowest BCUT2D eigenvalue weighted by atomic mass is 10.0. The van der Waals surface area contributed by atoms with Gasteiger partial charge in [-0.2, -0.15) is 0 Å². The summed E-state index contributed by atoms with van der Waals surface area (Å²) < 4.78 is 13.3. The van der Waals surface area contributed by atoms with E-state index in [1.165, 1.54) is 23.5 Å². The zero-order valence-electron chi connectivity index (χ0n) is 17.1. The largest absolute Gasteiger partial charge is 0.346 e. The zero-order chi connectivity index (χ0) is 21.3. The van der Waals surface area contributed by atoms with Gasteiger partial charge in [-0.05, 0) is 49.2 Å². The fraction of sp³-hybridized carbons (Fsp3) is 0.261. The first kappa shape index (κ1) is 20.2. The minimum Gasteiger partial charge on any atom is -0.346 e. The Morgan fingerprint density at radius 1 is 1.13 bits per heavy atom.